The van der Waals surface area contributed by atoms with E-state index in [9.17, 15) is 4.79 Å². The summed E-state index contributed by atoms with van der Waals surface area (Å²) in [7, 11) is 0. The number of ether oxygens (including phenoxy) is 2. The van der Waals surface area contributed by atoms with Gasteiger partial charge in [0.2, 0.25) is 5.88 Å². The Morgan fingerprint density at radius 1 is 1.28 bits per heavy atom. The molecule has 0 saturated carbocycles. The number of fused-ring (bicyclic) bond motifs is 1. The van der Waals surface area contributed by atoms with Crippen molar-refractivity contribution < 1.29 is 14.3 Å². The number of aromatic nitrogens is 5. The Labute approximate surface area is 187 Å². The van der Waals surface area contributed by atoms with Gasteiger partial charge in [-0.25, -0.2) is 9.48 Å². The van der Waals surface area contributed by atoms with Crippen LogP contribution in [0.4, 0.5) is 0 Å². The summed E-state index contributed by atoms with van der Waals surface area (Å²) in [5.74, 6) is 0.123. The SMILES string of the molecule is Cc1nnn(C2=CNC(C)(C(=O)OC(C)(C)C)C=C2)c1COc1cc2c(nn1)CNCC2. The minimum absolute atomic E-state index is 0.235. The van der Waals surface area contributed by atoms with Crippen LogP contribution < -0.4 is 15.4 Å². The maximum Gasteiger partial charge on any atom is 0.336 e. The van der Waals surface area contributed by atoms with Gasteiger partial charge in [-0.3, -0.25) is 0 Å². The average molecular weight is 440 g/mol. The number of dihydropyridines is 1. The number of esters is 1. The number of carbonyl (C=O) groups excluding carboxylic acids is 1. The van der Waals surface area contributed by atoms with E-state index in [1.54, 1.807) is 23.9 Å². The van der Waals surface area contributed by atoms with Gasteiger partial charge in [0.15, 0.2) is 5.54 Å². The number of carbonyl (C=O) groups is 1. The van der Waals surface area contributed by atoms with Crippen LogP contribution >= 0.6 is 0 Å². The molecular formula is C22H29N7O3. The highest BCUT2D eigenvalue weighted by Gasteiger charge is 2.36. The van der Waals surface area contributed by atoms with Gasteiger partial charge in [0, 0.05) is 18.8 Å². The lowest BCUT2D eigenvalue weighted by molar-refractivity contribution is -0.160. The summed E-state index contributed by atoms with van der Waals surface area (Å²) in [6.07, 6.45) is 6.22. The highest BCUT2D eigenvalue weighted by atomic mass is 16.6. The molecule has 2 aromatic rings. The molecular weight excluding hydrogens is 410 g/mol. The fraction of sp³-hybridized carbons (Fsp3) is 0.500. The van der Waals surface area contributed by atoms with Gasteiger partial charge in [-0.2, -0.15) is 5.10 Å². The zero-order chi connectivity index (χ0) is 22.9. The fourth-order valence-electron chi connectivity index (χ4n) is 3.41. The van der Waals surface area contributed by atoms with E-state index in [1.165, 1.54) is 0 Å². The summed E-state index contributed by atoms with van der Waals surface area (Å²) < 4.78 is 13.1. The molecule has 2 aromatic heterocycles. The Bertz CT molecular complexity index is 1080. The third-order valence-corrected chi connectivity index (χ3v) is 5.29. The second-order valence-electron chi connectivity index (χ2n) is 9.15. The number of allylic oxidation sites excluding steroid dienone is 2. The molecule has 0 radical (unpaired) electrons. The number of hydrogen-bond donors (Lipinski definition) is 2. The maximum absolute atomic E-state index is 12.6. The van der Waals surface area contributed by atoms with Gasteiger partial charge in [-0.15, -0.1) is 10.2 Å². The van der Waals surface area contributed by atoms with E-state index in [2.05, 4.69) is 31.1 Å². The lowest BCUT2D eigenvalue weighted by atomic mass is 9.99. The average Bonchev–Trinajstić information content (AvgIpc) is 3.11. The van der Waals surface area contributed by atoms with Crippen LogP contribution in [0.1, 0.15) is 50.3 Å². The molecule has 0 aromatic carbocycles. The van der Waals surface area contributed by atoms with Gasteiger partial charge in [0.25, 0.3) is 0 Å². The van der Waals surface area contributed by atoms with Crippen LogP contribution in [0.5, 0.6) is 5.88 Å². The van der Waals surface area contributed by atoms with Gasteiger partial charge in [-0.05, 0) is 65.3 Å². The highest BCUT2D eigenvalue weighted by Crippen LogP contribution is 2.23. The first-order valence-corrected chi connectivity index (χ1v) is 10.7. The normalized spacial score (nSPS) is 20.2. The van der Waals surface area contributed by atoms with Crippen LogP contribution in [-0.4, -0.2) is 48.8 Å². The molecule has 0 bridgehead atoms. The zero-order valence-electron chi connectivity index (χ0n) is 19.1. The number of rotatable bonds is 5. The van der Waals surface area contributed by atoms with E-state index >= 15 is 0 Å². The summed E-state index contributed by atoms with van der Waals surface area (Å²) in [6.45, 7) is 11.1. The first-order valence-electron chi connectivity index (χ1n) is 10.7. The minimum atomic E-state index is -0.962. The molecule has 4 rings (SSSR count). The summed E-state index contributed by atoms with van der Waals surface area (Å²) in [6, 6.07) is 1.94. The quantitative estimate of drug-likeness (QED) is 0.671. The Morgan fingerprint density at radius 2 is 2.09 bits per heavy atom. The lowest BCUT2D eigenvalue weighted by Crippen LogP contribution is -2.49. The summed E-state index contributed by atoms with van der Waals surface area (Å²) in [4.78, 5) is 12.6. The van der Waals surface area contributed by atoms with Crippen molar-refractivity contribution in [1.29, 1.82) is 0 Å². The first kappa shape index (κ1) is 21.9. The molecule has 0 fully saturated rings. The van der Waals surface area contributed by atoms with Crippen LogP contribution in [0.15, 0.2) is 24.4 Å². The molecule has 10 heteroatoms. The highest BCUT2D eigenvalue weighted by molar-refractivity contribution is 5.85. The number of aryl methyl sites for hydroxylation is 1. The van der Waals surface area contributed by atoms with Crippen LogP contribution in [0.3, 0.4) is 0 Å². The maximum atomic E-state index is 12.6. The summed E-state index contributed by atoms with van der Waals surface area (Å²) in [5, 5.41) is 23.3. The molecule has 32 heavy (non-hydrogen) atoms. The molecule has 2 aliphatic heterocycles. The van der Waals surface area contributed by atoms with Crippen molar-refractivity contribution in [2.45, 2.75) is 65.3 Å². The number of nitrogens with zero attached hydrogens (tertiary/aromatic N) is 5. The number of hydrogen-bond acceptors (Lipinski definition) is 9. The summed E-state index contributed by atoms with van der Waals surface area (Å²) in [5.41, 5.74) is 2.84. The molecule has 0 spiro atoms. The molecule has 170 valence electrons. The zero-order valence-corrected chi connectivity index (χ0v) is 19.1. The molecule has 0 amide bonds. The Kier molecular flexibility index (Phi) is 5.72. The summed E-state index contributed by atoms with van der Waals surface area (Å²) >= 11 is 0. The third-order valence-electron chi connectivity index (χ3n) is 5.29. The molecule has 1 unspecified atom stereocenters. The Morgan fingerprint density at radius 3 is 2.81 bits per heavy atom. The molecule has 10 nitrogen and oxygen atoms in total. The van der Waals surface area contributed by atoms with Crippen molar-refractivity contribution >= 4 is 11.7 Å². The second-order valence-corrected chi connectivity index (χ2v) is 9.15. The smallest absolute Gasteiger partial charge is 0.336 e. The van der Waals surface area contributed by atoms with E-state index in [0.717, 1.165) is 47.9 Å². The Hall–Kier alpha value is -3.27. The van der Waals surface area contributed by atoms with Gasteiger partial charge in [0.1, 0.15) is 17.9 Å². The molecule has 4 heterocycles. The second kappa shape index (κ2) is 8.34. The lowest BCUT2D eigenvalue weighted by Gasteiger charge is -2.31. The van der Waals surface area contributed by atoms with Crippen LogP contribution in [-0.2, 0) is 29.1 Å². The van der Waals surface area contributed by atoms with E-state index in [-0.39, 0.29) is 12.6 Å². The molecule has 0 aliphatic carbocycles. The van der Waals surface area contributed by atoms with Crippen molar-refractivity contribution in [2.24, 2.45) is 0 Å². The Balaban J connectivity index is 1.47. The number of nitrogens with one attached hydrogen (secondary N) is 2. The first-order chi connectivity index (χ1) is 15.1. The van der Waals surface area contributed by atoms with Crippen molar-refractivity contribution in [3.05, 3.63) is 47.1 Å². The molecule has 2 N–H and O–H groups in total. The van der Waals surface area contributed by atoms with Gasteiger partial charge in [0.05, 0.1) is 17.1 Å². The molecule has 2 aliphatic rings. The van der Waals surface area contributed by atoms with E-state index in [1.807, 2.05) is 39.8 Å². The fourth-order valence-corrected chi connectivity index (χ4v) is 3.41. The predicted octanol–water partition coefficient (Wildman–Crippen LogP) is 1.66. The largest absolute Gasteiger partial charge is 0.470 e. The van der Waals surface area contributed by atoms with Gasteiger partial charge < -0.3 is 20.1 Å². The van der Waals surface area contributed by atoms with Crippen molar-refractivity contribution in [3.63, 3.8) is 0 Å². The minimum Gasteiger partial charge on any atom is -0.470 e. The van der Waals surface area contributed by atoms with Crippen molar-refractivity contribution in [2.75, 3.05) is 6.54 Å². The van der Waals surface area contributed by atoms with Crippen LogP contribution in [0, 0.1) is 6.92 Å². The monoisotopic (exact) mass is 439 g/mol. The molecule has 0 saturated heterocycles. The van der Waals surface area contributed by atoms with Crippen LogP contribution in [0.25, 0.3) is 5.70 Å². The predicted molar refractivity (Wildman–Crippen MR) is 117 cm³/mol. The standard InChI is InChI=1S/C22H29N7O3/c1-14-18(13-31-19-10-15-7-9-23-12-17(15)26-27-19)29(28-25-14)16-6-8-22(5,24-11-16)20(30)32-21(2,3)4/h6,8,10-11,23-24H,7,9,12-13H2,1-5H3. The van der Waals surface area contributed by atoms with E-state index in [0.29, 0.717) is 5.88 Å². The molecule has 1 atom stereocenters. The van der Waals surface area contributed by atoms with Gasteiger partial charge >= 0.3 is 5.97 Å². The van der Waals surface area contributed by atoms with Crippen LogP contribution in [0.2, 0.25) is 0 Å². The topological polar surface area (TPSA) is 116 Å². The van der Waals surface area contributed by atoms with E-state index < -0.39 is 11.1 Å². The van der Waals surface area contributed by atoms with E-state index in [4.69, 9.17) is 9.47 Å². The third kappa shape index (κ3) is 4.64. The van der Waals surface area contributed by atoms with Gasteiger partial charge in [-0.1, -0.05) is 5.21 Å². The van der Waals surface area contributed by atoms with Crippen molar-refractivity contribution in [3.8, 4) is 5.88 Å². The van der Waals surface area contributed by atoms with Crippen molar-refractivity contribution in [1.82, 2.24) is 35.8 Å².